The van der Waals surface area contributed by atoms with E-state index in [1.165, 1.54) is 11.8 Å². The van der Waals surface area contributed by atoms with Gasteiger partial charge in [0.15, 0.2) is 17.3 Å². The topological polar surface area (TPSA) is 95.7 Å². The van der Waals surface area contributed by atoms with Gasteiger partial charge in [-0.05, 0) is 50.2 Å². The number of Topliss-reactive ketones (excluding diaryl/α,β-unsaturated/α-hetero) is 1. The van der Waals surface area contributed by atoms with E-state index in [1.54, 1.807) is 23.6 Å². The minimum absolute atomic E-state index is 0.137. The Morgan fingerprint density at radius 2 is 1.82 bits per heavy atom. The first-order valence-corrected chi connectivity index (χ1v) is 9.85. The van der Waals surface area contributed by atoms with Crippen molar-refractivity contribution in [2.24, 2.45) is 0 Å². The summed E-state index contributed by atoms with van der Waals surface area (Å²) >= 11 is 1.25. The van der Waals surface area contributed by atoms with Gasteiger partial charge in [0.05, 0.1) is 19.0 Å². The molecule has 0 amide bonds. The van der Waals surface area contributed by atoms with Gasteiger partial charge in [0.2, 0.25) is 0 Å². The summed E-state index contributed by atoms with van der Waals surface area (Å²) in [6, 6.07) is 11.1. The number of hydrogen-bond acceptors (Lipinski definition) is 8. The maximum Gasteiger partial charge on any atom is 0.313 e. The average Bonchev–Trinajstić information content (AvgIpc) is 3.10. The first kappa shape index (κ1) is 19.8. The molecule has 3 rings (SSSR count). The van der Waals surface area contributed by atoms with Crippen LogP contribution in [0.1, 0.15) is 20.3 Å². The summed E-state index contributed by atoms with van der Waals surface area (Å²) in [4.78, 5) is 23.3. The highest BCUT2D eigenvalue weighted by atomic mass is 32.2. The second-order valence-electron chi connectivity index (χ2n) is 5.73. The number of ether oxygens (including phenoxy) is 2. The molecule has 0 aliphatic rings. The first-order chi connectivity index (χ1) is 13.6. The van der Waals surface area contributed by atoms with Crippen LogP contribution in [0.15, 0.2) is 41.4 Å². The predicted molar refractivity (Wildman–Crippen MR) is 104 cm³/mol. The molecule has 0 spiro atoms. The van der Waals surface area contributed by atoms with Gasteiger partial charge >= 0.3 is 5.97 Å². The van der Waals surface area contributed by atoms with Crippen LogP contribution < -0.4 is 4.74 Å². The van der Waals surface area contributed by atoms with Gasteiger partial charge < -0.3 is 9.47 Å². The lowest BCUT2D eigenvalue weighted by Crippen LogP contribution is -2.12. The van der Waals surface area contributed by atoms with Gasteiger partial charge in [-0.1, -0.05) is 11.8 Å². The van der Waals surface area contributed by atoms with Crippen molar-refractivity contribution in [3.8, 4) is 17.1 Å². The van der Waals surface area contributed by atoms with Crippen LogP contribution in [0, 0.1) is 0 Å². The van der Waals surface area contributed by atoms with Gasteiger partial charge in [-0.2, -0.15) is 9.61 Å². The largest absolute Gasteiger partial charge is 0.494 e. The number of rotatable bonds is 9. The number of aromatic nitrogens is 4. The molecule has 1 aromatic carbocycles. The standard InChI is InChI=1S/C19H20N4O4S/c1-3-26-15-7-5-13(6-8-15)19-21-20-16-9-10-17(22-23(16)19)28-12-14(24)11-18(25)27-4-2/h5-10H,3-4,11-12H2,1-2H3. The molecule has 0 N–H and O–H groups in total. The minimum atomic E-state index is -0.506. The Labute approximate surface area is 166 Å². The van der Waals surface area contributed by atoms with Crippen molar-refractivity contribution in [1.82, 2.24) is 19.8 Å². The van der Waals surface area contributed by atoms with Crippen LogP contribution in [0.3, 0.4) is 0 Å². The zero-order valence-corrected chi connectivity index (χ0v) is 16.4. The van der Waals surface area contributed by atoms with Gasteiger partial charge in [-0.15, -0.1) is 10.2 Å². The molecule has 2 aromatic heterocycles. The lowest BCUT2D eigenvalue weighted by atomic mass is 10.2. The van der Waals surface area contributed by atoms with Crippen LogP contribution in [-0.4, -0.2) is 50.5 Å². The zero-order chi connectivity index (χ0) is 19.9. The van der Waals surface area contributed by atoms with E-state index in [9.17, 15) is 9.59 Å². The number of carbonyl (C=O) groups excluding carboxylic acids is 2. The zero-order valence-electron chi connectivity index (χ0n) is 15.6. The summed E-state index contributed by atoms with van der Waals surface area (Å²) in [5, 5.41) is 13.5. The second-order valence-corrected chi connectivity index (χ2v) is 6.73. The monoisotopic (exact) mass is 400 g/mol. The number of thioether (sulfide) groups is 1. The second kappa shape index (κ2) is 9.32. The van der Waals surface area contributed by atoms with E-state index in [0.717, 1.165) is 11.3 Å². The number of hydrogen-bond donors (Lipinski definition) is 0. The highest BCUT2D eigenvalue weighted by Gasteiger charge is 2.13. The van der Waals surface area contributed by atoms with E-state index in [-0.39, 0.29) is 24.6 Å². The SMILES string of the molecule is CCOC(=O)CC(=O)CSc1ccc2nnc(-c3ccc(OCC)cc3)n2n1. The third-order valence-corrected chi connectivity index (χ3v) is 4.67. The molecular formula is C19H20N4O4S. The molecule has 0 saturated carbocycles. The summed E-state index contributed by atoms with van der Waals surface area (Å²) in [6.07, 6.45) is -0.229. The van der Waals surface area contributed by atoms with Crippen molar-refractivity contribution in [3.05, 3.63) is 36.4 Å². The Bertz CT molecular complexity index is 972. The Morgan fingerprint density at radius 1 is 1.04 bits per heavy atom. The summed E-state index contributed by atoms with van der Waals surface area (Å²) in [5.74, 6) is 0.800. The normalized spacial score (nSPS) is 10.8. The molecule has 0 aliphatic heterocycles. The number of carbonyl (C=O) groups is 2. The minimum Gasteiger partial charge on any atom is -0.494 e. The summed E-state index contributed by atoms with van der Waals surface area (Å²) in [7, 11) is 0. The lowest BCUT2D eigenvalue weighted by Gasteiger charge is -2.05. The molecule has 146 valence electrons. The average molecular weight is 400 g/mol. The van der Waals surface area contributed by atoms with Crippen molar-refractivity contribution >= 4 is 29.2 Å². The maximum atomic E-state index is 11.9. The smallest absolute Gasteiger partial charge is 0.313 e. The van der Waals surface area contributed by atoms with E-state index in [0.29, 0.717) is 23.1 Å². The van der Waals surface area contributed by atoms with Gasteiger partial charge in [0, 0.05) is 5.56 Å². The molecular weight excluding hydrogens is 380 g/mol. The molecule has 0 fully saturated rings. The summed E-state index contributed by atoms with van der Waals surface area (Å²) in [6.45, 7) is 4.50. The summed E-state index contributed by atoms with van der Waals surface area (Å²) < 4.78 is 11.9. The van der Waals surface area contributed by atoms with Crippen LogP contribution in [0.2, 0.25) is 0 Å². The van der Waals surface area contributed by atoms with Crippen molar-refractivity contribution in [2.75, 3.05) is 19.0 Å². The third kappa shape index (κ3) is 4.86. The molecule has 0 unspecified atom stereocenters. The fourth-order valence-electron chi connectivity index (χ4n) is 2.47. The van der Waals surface area contributed by atoms with Gasteiger partial charge in [-0.3, -0.25) is 9.59 Å². The maximum absolute atomic E-state index is 11.9. The quantitative estimate of drug-likeness (QED) is 0.307. The van der Waals surface area contributed by atoms with E-state index in [2.05, 4.69) is 15.3 Å². The Balaban J connectivity index is 1.73. The van der Waals surface area contributed by atoms with Gasteiger partial charge in [-0.25, -0.2) is 0 Å². The number of fused-ring (bicyclic) bond motifs is 1. The molecule has 28 heavy (non-hydrogen) atoms. The van der Waals surface area contributed by atoms with Crippen LogP contribution in [0.4, 0.5) is 0 Å². The molecule has 0 bridgehead atoms. The van der Waals surface area contributed by atoms with Crippen LogP contribution >= 0.6 is 11.8 Å². The molecule has 0 saturated heterocycles. The van der Waals surface area contributed by atoms with Crippen LogP contribution in [-0.2, 0) is 14.3 Å². The number of esters is 1. The van der Waals surface area contributed by atoms with E-state index < -0.39 is 5.97 Å². The lowest BCUT2D eigenvalue weighted by molar-refractivity contribution is -0.145. The molecule has 3 aromatic rings. The van der Waals surface area contributed by atoms with Crippen LogP contribution in [0.5, 0.6) is 5.75 Å². The molecule has 9 heteroatoms. The number of benzene rings is 1. The molecule has 0 atom stereocenters. The molecule has 8 nitrogen and oxygen atoms in total. The van der Waals surface area contributed by atoms with Gasteiger partial charge in [0.25, 0.3) is 0 Å². The van der Waals surface area contributed by atoms with Crippen molar-refractivity contribution in [2.45, 2.75) is 25.3 Å². The Morgan fingerprint density at radius 3 is 2.54 bits per heavy atom. The van der Waals surface area contributed by atoms with Crippen LogP contribution in [0.25, 0.3) is 17.0 Å². The van der Waals surface area contributed by atoms with E-state index >= 15 is 0 Å². The van der Waals surface area contributed by atoms with Crippen molar-refractivity contribution < 1.29 is 19.1 Å². The predicted octanol–water partition coefficient (Wildman–Crippen LogP) is 2.80. The fourth-order valence-corrected chi connectivity index (χ4v) is 3.19. The Hall–Kier alpha value is -2.94. The van der Waals surface area contributed by atoms with E-state index in [1.807, 2.05) is 31.2 Å². The highest BCUT2D eigenvalue weighted by Crippen LogP contribution is 2.23. The van der Waals surface area contributed by atoms with Crippen molar-refractivity contribution in [3.63, 3.8) is 0 Å². The van der Waals surface area contributed by atoms with E-state index in [4.69, 9.17) is 9.47 Å². The van der Waals surface area contributed by atoms with Crippen molar-refractivity contribution in [1.29, 1.82) is 0 Å². The first-order valence-electron chi connectivity index (χ1n) is 8.86. The molecule has 0 aliphatic carbocycles. The summed E-state index contributed by atoms with van der Waals surface area (Å²) in [5.41, 5.74) is 1.45. The third-order valence-electron chi connectivity index (χ3n) is 3.69. The number of nitrogens with zero attached hydrogens (tertiary/aromatic N) is 4. The molecule has 0 radical (unpaired) electrons. The fraction of sp³-hybridized carbons (Fsp3) is 0.316. The Kier molecular flexibility index (Phi) is 6.59. The van der Waals surface area contributed by atoms with Gasteiger partial charge in [0.1, 0.15) is 17.2 Å². The number of ketones is 1. The molecule has 2 heterocycles. The highest BCUT2D eigenvalue weighted by molar-refractivity contribution is 7.99.